The lowest BCUT2D eigenvalue weighted by atomic mass is 10.0. The van der Waals surface area contributed by atoms with Gasteiger partial charge in [0.2, 0.25) is 0 Å². The Morgan fingerprint density at radius 1 is 1.43 bits per heavy atom. The SMILES string of the molecule is COc1ccc(C(=O)NCC(c2ccsc2)N2CCC2)cc1F. The summed E-state index contributed by atoms with van der Waals surface area (Å²) in [6.07, 6.45) is 1.19. The number of nitrogens with one attached hydrogen (secondary N) is 1. The zero-order valence-corrected chi connectivity index (χ0v) is 13.7. The molecule has 0 bridgehead atoms. The van der Waals surface area contributed by atoms with Gasteiger partial charge >= 0.3 is 0 Å². The van der Waals surface area contributed by atoms with Gasteiger partial charge in [-0.25, -0.2) is 4.39 Å². The summed E-state index contributed by atoms with van der Waals surface area (Å²) >= 11 is 1.65. The van der Waals surface area contributed by atoms with Crippen molar-refractivity contribution in [3.63, 3.8) is 0 Å². The van der Waals surface area contributed by atoms with Gasteiger partial charge in [-0.15, -0.1) is 0 Å². The van der Waals surface area contributed by atoms with Crippen molar-refractivity contribution >= 4 is 17.2 Å². The molecule has 1 amide bonds. The lowest BCUT2D eigenvalue weighted by Crippen LogP contribution is -2.45. The number of thiophene rings is 1. The second kappa shape index (κ2) is 7.10. The highest BCUT2D eigenvalue weighted by atomic mass is 32.1. The Kier molecular flexibility index (Phi) is 4.93. The summed E-state index contributed by atoms with van der Waals surface area (Å²) in [6, 6.07) is 6.52. The van der Waals surface area contributed by atoms with E-state index in [4.69, 9.17) is 4.74 Å². The number of ether oxygens (including phenoxy) is 1. The van der Waals surface area contributed by atoms with E-state index in [1.165, 1.54) is 31.2 Å². The first kappa shape index (κ1) is 16.0. The summed E-state index contributed by atoms with van der Waals surface area (Å²) < 4.78 is 18.6. The van der Waals surface area contributed by atoms with Crippen LogP contribution < -0.4 is 10.1 Å². The minimum absolute atomic E-state index is 0.137. The van der Waals surface area contributed by atoms with Crippen LogP contribution in [0, 0.1) is 5.82 Å². The van der Waals surface area contributed by atoms with Crippen molar-refractivity contribution in [2.75, 3.05) is 26.7 Å². The van der Waals surface area contributed by atoms with Crippen LogP contribution in [0.3, 0.4) is 0 Å². The third kappa shape index (κ3) is 3.54. The number of carbonyl (C=O) groups is 1. The molecular formula is C17H19FN2O2S. The molecule has 1 aromatic carbocycles. The van der Waals surface area contributed by atoms with E-state index in [0.29, 0.717) is 12.1 Å². The molecule has 6 heteroatoms. The van der Waals surface area contributed by atoms with Gasteiger partial charge in [-0.1, -0.05) is 0 Å². The zero-order valence-electron chi connectivity index (χ0n) is 12.9. The van der Waals surface area contributed by atoms with Crippen LogP contribution in [0.1, 0.15) is 28.4 Å². The number of benzene rings is 1. The Hall–Kier alpha value is -1.92. The van der Waals surface area contributed by atoms with Gasteiger partial charge in [-0.3, -0.25) is 9.69 Å². The quantitative estimate of drug-likeness (QED) is 0.883. The number of methoxy groups -OCH3 is 1. The molecule has 1 aliphatic heterocycles. The van der Waals surface area contributed by atoms with Gasteiger partial charge in [-0.2, -0.15) is 11.3 Å². The van der Waals surface area contributed by atoms with Crippen molar-refractivity contribution in [2.45, 2.75) is 12.5 Å². The first-order valence-electron chi connectivity index (χ1n) is 7.57. The van der Waals surface area contributed by atoms with Crippen molar-refractivity contribution in [3.8, 4) is 5.75 Å². The maximum Gasteiger partial charge on any atom is 0.251 e. The van der Waals surface area contributed by atoms with Crippen LogP contribution in [-0.4, -0.2) is 37.6 Å². The fourth-order valence-electron chi connectivity index (χ4n) is 2.67. The summed E-state index contributed by atoms with van der Waals surface area (Å²) in [5.74, 6) is -0.664. The molecule has 1 aliphatic rings. The second-order valence-corrected chi connectivity index (χ2v) is 6.30. The highest BCUT2D eigenvalue weighted by Crippen LogP contribution is 2.27. The van der Waals surface area contributed by atoms with Crippen molar-refractivity contribution in [2.24, 2.45) is 0 Å². The van der Waals surface area contributed by atoms with E-state index in [0.717, 1.165) is 13.1 Å². The van der Waals surface area contributed by atoms with Crippen molar-refractivity contribution < 1.29 is 13.9 Å². The van der Waals surface area contributed by atoms with Gasteiger partial charge in [0.15, 0.2) is 11.6 Å². The Morgan fingerprint density at radius 2 is 2.26 bits per heavy atom. The van der Waals surface area contributed by atoms with E-state index in [1.54, 1.807) is 17.4 Å². The minimum Gasteiger partial charge on any atom is -0.494 e. The average Bonchev–Trinajstić information content (AvgIpc) is 3.03. The lowest BCUT2D eigenvalue weighted by molar-refractivity contribution is 0.0885. The van der Waals surface area contributed by atoms with E-state index in [9.17, 15) is 9.18 Å². The molecule has 1 aromatic heterocycles. The largest absolute Gasteiger partial charge is 0.494 e. The Morgan fingerprint density at radius 3 is 2.83 bits per heavy atom. The number of rotatable bonds is 6. The Bertz CT molecular complexity index is 671. The van der Waals surface area contributed by atoms with E-state index < -0.39 is 5.82 Å². The molecule has 2 aromatic rings. The van der Waals surface area contributed by atoms with E-state index in [-0.39, 0.29) is 17.7 Å². The first-order valence-corrected chi connectivity index (χ1v) is 8.51. The number of amides is 1. The fourth-order valence-corrected chi connectivity index (χ4v) is 3.38. The Balaban J connectivity index is 1.66. The maximum absolute atomic E-state index is 13.7. The molecule has 1 unspecified atom stereocenters. The summed E-state index contributed by atoms with van der Waals surface area (Å²) in [5.41, 5.74) is 1.52. The molecule has 0 radical (unpaired) electrons. The van der Waals surface area contributed by atoms with Crippen LogP contribution >= 0.6 is 11.3 Å². The summed E-state index contributed by atoms with van der Waals surface area (Å²) in [5, 5.41) is 7.08. The molecule has 4 nitrogen and oxygen atoms in total. The van der Waals surface area contributed by atoms with Gasteiger partial charge in [0.05, 0.1) is 13.2 Å². The highest BCUT2D eigenvalue weighted by Gasteiger charge is 2.26. The van der Waals surface area contributed by atoms with Gasteiger partial charge < -0.3 is 10.1 Å². The molecule has 0 spiro atoms. The smallest absolute Gasteiger partial charge is 0.251 e. The number of halogens is 1. The van der Waals surface area contributed by atoms with Crippen molar-refractivity contribution in [1.29, 1.82) is 0 Å². The predicted molar refractivity (Wildman–Crippen MR) is 88.5 cm³/mol. The molecule has 0 aliphatic carbocycles. The summed E-state index contributed by atoms with van der Waals surface area (Å²) in [7, 11) is 1.40. The van der Waals surface area contributed by atoms with Crippen molar-refractivity contribution in [3.05, 3.63) is 52.0 Å². The number of hydrogen-bond donors (Lipinski definition) is 1. The molecule has 0 saturated carbocycles. The van der Waals surface area contributed by atoms with Crippen LogP contribution in [0.2, 0.25) is 0 Å². The Labute approximate surface area is 138 Å². The topological polar surface area (TPSA) is 41.6 Å². The van der Waals surface area contributed by atoms with Crippen LogP contribution in [0.25, 0.3) is 0 Å². The van der Waals surface area contributed by atoms with Crippen LogP contribution in [0.4, 0.5) is 4.39 Å². The molecule has 1 atom stereocenters. The first-order chi connectivity index (χ1) is 11.2. The zero-order chi connectivity index (χ0) is 16.2. The van der Waals surface area contributed by atoms with Crippen LogP contribution in [0.5, 0.6) is 5.75 Å². The molecule has 1 saturated heterocycles. The standard InChI is InChI=1S/C17H19FN2O2S/c1-22-16-4-3-12(9-14(16)18)17(21)19-10-15(20-6-2-7-20)13-5-8-23-11-13/h3-5,8-9,11,15H,2,6-7,10H2,1H3,(H,19,21). The average molecular weight is 334 g/mol. The highest BCUT2D eigenvalue weighted by molar-refractivity contribution is 7.07. The maximum atomic E-state index is 13.7. The molecule has 122 valence electrons. The van der Waals surface area contributed by atoms with Gasteiger partial charge in [0.25, 0.3) is 5.91 Å². The number of likely N-dealkylation sites (tertiary alicyclic amines) is 1. The predicted octanol–water partition coefficient (Wildman–Crippen LogP) is 3.07. The molecule has 1 fully saturated rings. The van der Waals surface area contributed by atoms with E-state index in [1.807, 2.05) is 5.38 Å². The number of hydrogen-bond acceptors (Lipinski definition) is 4. The molecule has 1 N–H and O–H groups in total. The second-order valence-electron chi connectivity index (χ2n) is 5.52. The van der Waals surface area contributed by atoms with E-state index in [2.05, 4.69) is 21.7 Å². The van der Waals surface area contributed by atoms with Crippen molar-refractivity contribution in [1.82, 2.24) is 10.2 Å². The normalized spacial score (nSPS) is 15.7. The number of nitrogens with zero attached hydrogens (tertiary/aromatic N) is 1. The van der Waals surface area contributed by atoms with Gasteiger partial charge in [0.1, 0.15) is 0 Å². The van der Waals surface area contributed by atoms with Gasteiger partial charge in [-0.05, 0) is 47.0 Å². The molecular weight excluding hydrogens is 315 g/mol. The molecule has 3 rings (SSSR count). The lowest BCUT2D eigenvalue weighted by Gasteiger charge is -2.38. The third-order valence-corrected chi connectivity index (χ3v) is 4.83. The van der Waals surface area contributed by atoms with Gasteiger partial charge in [0, 0.05) is 25.2 Å². The number of carbonyl (C=O) groups excluding carboxylic acids is 1. The summed E-state index contributed by atoms with van der Waals surface area (Å²) in [6.45, 7) is 2.62. The molecule has 23 heavy (non-hydrogen) atoms. The van der Waals surface area contributed by atoms with Crippen LogP contribution in [-0.2, 0) is 0 Å². The van der Waals surface area contributed by atoms with E-state index >= 15 is 0 Å². The monoisotopic (exact) mass is 334 g/mol. The minimum atomic E-state index is -0.530. The fraction of sp³-hybridized carbons (Fsp3) is 0.353. The molecule has 2 heterocycles. The van der Waals surface area contributed by atoms with Crippen LogP contribution in [0.15, 0.2) is 35.0 Å². The third-order valence-electron chi connectivity index (χ3n) is 4.13. The summed E-state index contributed by atoms with van der Waals surface area (Å²) in [4.78, 5) is 14.6.